The summed E-state index contributed by atoms with van der Waals surface area (Å²) < 4.78 is 4.46. The topological polar surface area (TPSA) is 69.4 Å². The predicted octanol–water partition coefficient (Wildman–Crippen LogP) is 2.51. The van der Waals surface area contributed by atoms with Gasteiger partial charge in [0.2, 0.25) is 0 Å². The molecule has 0 spiro atoms. The van der Waals surface area contributed by atoms with Crippen molar-refractivity contribution in [2.45, 2.75) is 5.02 Å². The molecule has 0 aliphatic carbocycles. The molecular weight excluding hydrogens is 245 g/mol. The lowest BCUT2D eigenvalue weighted by Crippen LogP contribution is -2.07. The molecule has 0 amide bonds. The second kappa shape index (κ2) is 4.95. The Kier molecular flexibility index (Phi) is 3.88. The zero-order valence-corrected chi connectivity index (χ0v) is 8.73. The number of alkyl halides is 2. The normalized spacial score (nSPS) is 10.1. The van der Waals surface area contributed by atoms with Gasteiger partial charge in [0.15, 0.2) is 0 Å². The fourth-order valence-corrected chi connectivity index (χ4v) is 1.03. The molecule has 0 N–H and O–H groups in total. The predicted molar refractivity (Wildman–Crippen MR) is 54.0 cm³/mol. The van der Waals surface area contributed by atoms with Crippen LogP contribution in [0.5, 0.6) is 0 Å². The van der Waals surface area contributed by atoms with Crippen molar-refractivity contribution in [3.8, 4) is 0 Å². The van der Waals surface area contributed by atoms with Crippen LogP contribution in [0.25, 0.3) is 0 Å². The number of non-ortho nitro benzene ring substituents is 1. The summed E-state index contributed by atoms with van der Waals surface area (Å²) >= 11 is 10.4. The summed E-state index contributed by atoms with van der Waals surface area (Å²) in [6.45, 7) is 0. The van der Waals surface area contributed by atoms with Gasteiger partial charge in [-0.3, -0.25) is 10.1 Å². The molecule has 5 nitrogen and oxygen atoms in total. The lowest BCUT2D eigenvalue weighted by molar-refractivity contribution is -0.384. The Morgan fingerprint density at radius 2 is 1.87 bits per heavy atom. The highest BCUT2D eigenvalue weighted by Crippen LogP contribution is 2.14. The first-order chi connectivity index (χ1) is 7.00. The lowest BCUT2D eigenvalue weighted by Gasteiger charge is -2.03. The monoisotopic (exact) mass is 249 g/mol. The molecule has 0 saturated heterocycles. The molecule has 80 valence electrons. The first-order valence-electron chi connectivity index (χ1n) is 3.74. The van der Waals surface area contributed by atoms with Crippen LogP contribution in [0.1, 0.15) is 10.4 Å². The highest BCUT2D eigenvalue weighted by atomic mass is 35.5. The smallest absolute Gasteiger partial charge is 0.340 e. The van der Waals surface area contributed by atoms with Crippen molar-refractivity contribution in [2.75, 3.05) is 0 Å². The number of ether oxygens (including phenoxy) is 1. The number of halogens is 2. The quantitative estimate of drug-likeness (QED) is 0.357. The van der Waals surface area contributed by atoms with Gasteiger partial charge in [-0.2, -0.15) is 0 Å². The zero-order chi connectivity index (χ0) is 11.4. The van der Waals surface area contributed by atoms with E-state index in [2.05, 4.69) is 4.74 Å². The second-order valence-electron chi connectivity index (χ2n) is 2.47. The SMILES string of the molecule is O=C(OC(Cl)Cl)c1ccc([N+](=O)[O-])cc1. The summed E-state index contributed by atoms with van der Waals surface area (Å²) in [6, 6.07) is 4.90. The van der Waals surface area contributed by atoms with Crippen molar-refractivity contribution >= 4 is 34.9 Å². The van der Waals surface area contributed by atoms with Gasteiger partial charge in [0.25, 0.3) is 10.7 Å². The van der Waals surface area contributed by atoms with Gasteiger partial charge in [-0.1, -0.05) is 23.2 Å². The minimum atomic E-state index is -1.26. The number of benzene rings is 1. The number of carbonyl (C=O) groups is 1. The number of rotatable bonds is 3. The molecule has 0 fully saturated rings. The number of hydrogen-bond acceptors (Lipinski definition) is 4. The highest BCUT2D eigenvalue weighted by molar-refractivity contribution is 6.43. The van der Waals surface area contributed by atoms with Crippen molar-refractivity contribution in [1.29, 1.82) is 0 Å². The number of nitro benzene ring substituents is 1. The van der Waals surface area contributed by atoms with E-state index in [9.17, 15) is 14.9 Å². The Labute approximate surface area is 94.7 Å². The van der Waals surface area contributed by atoms with Gasteiger partial charge >= 0.3 is 5.97 Å². The maximum absolute atomic E-state index is 11.2. The van der Waals surface area contributed by atoms with Crippen LogP contribution < -0.4 is 0 Å². The van der Waals surface area contributed by atoms with Crippen molar-refractivity contribution in [3.63, 3.8) is 0 Å². The van der Waals surface area contributed by atoms with E-state index >= 15 is 0 Å². The lowest BCUT2D eigenvalue weighted by atomic mass is 10.2. The van der Waals surface area contributed by atoms with Crippen molar-refractivity contribution in [3.05, 3.63) is 39.9 Å². The van der Waals surface area contributed by atoms with Gasteiger partial charge < -0.3 is 4.74 Å². The fourth-order valence-electron chi connectivity index (χ4n) is 0.868. The summed E-state index contributed by atoms with van der Waals surface area (Å²) in [4.78, 5) is 20.9. The van der Waals surface area contributed by atoms with Gasteiger partial charge in [-0.05, 0) is 12.1 Å². The summed E-state index contributed by atoms with van der Waals surface area (Å²) in [7, 11) is 0. The molecule has 1 rings (SSSR count). The molecule has 0 atom stereocenters. The van der Waals surface area contributed by atoms with E-state index < -0.39 is 15.9 Å². The first kappa shape index (κ1) is 11.7. The van der Waals surface area contributed by atoms with E-state index in [-0.39, 0.29) is 11.3 Å². The summed E-state index contributed by atoms with van der Waals surface area (Å²) in [5.41, 5.74) is 0.0340. The Balaban J connectivity index is 2.80. The number of nitro groups is 1. The molecule has 0 heterocycles. The van der Waals surface area contributed by atoms with Crippen LogP contribution in [-0.4, -0.2) is 15.9 Å². The summed E-state index contributed by atoms with van der Waals surface area (Å²) in [5.74, 6) is -0.736. The van der Waals surface area contributed by atoms with Crippen LogP contribution in [0.4, 0.5) is 5.69 Å². The van der Waals surface area contributed by atoms with Crippen LogP contribution in [-0.2, 0) is 4.74 Å². The first-order valence-corrected chi connectivity index (χ1v) is 4.61. The van der Waals surface area contributed by atoms with E-state index in [0.29, 0.717) is 0 Å². The van der Waals surface area contributed by atoms with Gasteiger partial charge in [-0.15, -0.1) is 0 Å². The molecule has 0 aromatic heterocycles. The third-order valence-electron chi connectivity index (χ3n) is 1.51. The minimum absolute atomic E-state index is 0.111. The maximum Gasteiger partial charge on any atom is 0.340 e. The van der Waals surface area contributed by atoms with Crippen LogP contribution in [0, 0.1) is 10.1 Å². The molecule has 0 aliphatic heterocycles. The Morgan fingerprint density at radius 3 is 2.27 bits per heavy atom. The van der Waals surface area contributed by atoms with Crippen LogP contribution in [0.3, 0.4) is 0 Å². The number of nitrogens with zero attached hydrogens (tertiary/aromatic N) is 1. The Hall–Kier alpha value is -1.33. The van der Waals surface area contributed by atoms with Gasteiger partial charge in [0.05, 0.1) is 10.5 Å². The van der Waals surface area contributed by atoms with E-state index in [1.54, 1.807) is 0 Å². The van der Waals surface area contributed by atoms with Crippen LogP contribution in [0.2, 0.25) is 0 Å². The molecule has 0 saturated carbocycles. The Bertz CT molecular complexity index is 377. The van der Waals surface area contributed by atoms with E-state index in [0.717, 1.165) is 0 Å². The fraction of sp³-hybridized carbons (Fsp3) is 0.125. The van der Waals surface area contributed by atoms with Crippen molar-refractivity contribution < 1.29 is 14.5 Å². The summed E-state index contributed by atoms with van der Waals surface area (Å²) in [6.07, 6.45) is 0. The molecule has 0 radical (unpaired) electrons. The number of esters is 1. The molecule has 0 bridgehead atoms. The average Bonchev–Trinajstić information content (AvgIpc) is 2.17. The average molecular weight is 250 g/mol. The van der Waals surface area contributed by atoms with Crippen molar-refractivity contribution in [1.82, 2.24) is 0 Å². The van der Waals surface area contributed by atoms with Gasteiger partial charge in [0.1, 0.15) is 0 Å². The second-order valence-corrected chi connectivity index (χ2v) is 3.49. The molecule has 15 heavy (non-hydrogen) atoms. The van der Waals surface area contributed by atoms with Crippen molar-refractivity contribution in [2.24, 2.45) is 0 Å². The number of hydrogen-bond donors (Lipinski definition) is 0. The van der Waals surface area contributed by atoms with Gasteiger partial charge in [-0.25, -0.2) is 4.79 Å². The molecule has 7 heteroatoms. The van der Waals surface area contributed by atoms with E-state index in [1.807, 2.05) is 0 Å². The number of carbonyl (C=O) groups excluding carboxylic acids is 1. The molecule has 1 aromatic carbocycles. The third-order valence-corrected chi connectivity index (χ3v) is 1.69. The molecule has 0 unspecified atom stereocenters. The highest BCUT2D eigenvalue weighted by Gasteiger charge is 2.12. The molecule has 1 aromatic rings. The standard InChI is InChI=1S/C8H5Cl2NO4/c9-8(10)15-7(12)5-1-3-6(4-2-5)11(13)14/h1-4,8H. The van der Waals surface area contributed by atoms with Gasteiger partial charge in [0, 0.05) is 12.1 Å². The molecule has 0 aliphatic rings. The van der Waals surface area contributed by atoms with Crippen LogP contribution >= 0.6 is 23.2 Å². The molecular formula is C8H5Cl2NO4. The summed E-state index contributed by atoms with van der Waals surface area (Å²) in [5, 5.41) is 9.05. The van der Waals surface area contributed by atoms with E-state index in [1.165, 1.54) is 24.3 Å². The largest absolute Gasteiger partial charge is 0.428 e. The zero-order valence-electron chi connectivity index (χ0n) is 7.22. The minimum Gasteiger partial charge on any atom is -0.428 e. The van der Waals surface area contributed by atoms with E-state index in [4.69, 9.17) is 23.2 Å². The maximum atomic E-state index is 11.2. The van der Waals surface area contributed by atoms with Crippen LogP contribution in [0.15, 0.2) is 24.3 Å². The Morgan fingerprint density at radius 1 is 1.33 bits per heavy atom. The third kappa shape index (κ3) is 3.38.